The van der Waals surface area contributed by atoms with Crippen molar-refractivity contribution in [2.75, 3.05) is 0 Å². The van der Waals surface area contributed by atoms with Gasteiger partial charge in [0.1, 0.15) is 5.56 Å². The number of aromatic hydroxyl groups is 1. The first-order valence-corrected chi connectivity index (χ1v) is 7.77. The summed E-state index contributed by atoms with van der Waals surface area (Å²) in [5.41, 5.74) is -0.474. The second-order valence-electron chi connectivity index (χ2n) is 5.46. The lowest BCUT2D eigenvalue weighted by molar-refractivity contribution is 0.430. The van der Waals surface area contributed by atoms with Crippen molar-refractivity contribution in [1.29, 1.82) is 5.41 Å². The van der Waals surface area contributed by atoms with Gasteiger partial charge in [0, 0.05) is 10.6 Å². The highest BCUT2D eigenvalue weighted by Gasteiger charge is 2.21. The van der Waals surface area contributed by atoms with Crippen LogP contribution in [0.15, 0.2) is 58.1 Å². The minimum atomic E-state index is -0.819. The van der Waals surface area contributed by atoms with E-state index in [9.17, 15) is 14.7 Å². The largest absolute Gasteiger partial charge is 0.493 e. The van der Waals surface area contributed by atoms with Crippen molar-refractivity contribution in [3.8, 4) is 11.6 Å². The van der Waals surface area contributed by atoms with Crippen LogP contribution in [0.1, 0.15) is 16.7 Å². The molecule has 0 bridgehead atoms. The van der Waals surface area contributed by atoms with Crippen LogP contribution >= 0.6 is 11.6 Å². The monoisotopic (exact) mass is 355 g/mol. The quantitative estimate of drug-likeness (QED) is 0.630. The van der Waals surface area contributed by atoms with Crippen LogP contribution in [-0.2, 0) is 0 Å². The van der Waals surface area contributed by atoms with Gasteiger partial charge in [0.05, 0.1) is 11.4 Å². The molecule has 3 aromatic rings. The van der Waals surface area contributed by atoms with E-state index in [0.717, 1.165) is 10.1 Å². The molecule has 0 saturated carbocycles. The summed E-state index contributed by atoms with van der Waals surface area (Å²) in [6.07, 6.45) is 0. The predicted molar refractivity (Wildman–Crippen MR) is 96.4 cm³/mol. The number of rotatable bonds is 3. The first-order valence-electron chi connectivity index (χ1n) is 7.39. The smallest absolute Gasteiger partial charge is 0.335 e. The van der Waals surface area contributed by atoms with Gasteiger partial charge in [-0.05, 0) is 36.8 Å². The van der Waals surface area contributed by atoms with E-state index in [-0.39, 0.29) is 11.3 Å². The molecule has 126 valence electrons. The number of benzene rings is 2. The first kappa shape index (κ1) is 16.7. The molecule has 0 saturated heterocycles. The molecule has 7 heteroatoms. The Balaban J connectivity index is 2.25. The zero-order valence-electron chi connectivity index (χ0n) is 13.2. The van der Waals surface area contributed by atoms with Crippen LogP contribution in [-0.4, -0.2) is 20.4 Å². The lowest BCUT2D eigenvalue weighted by Gasteiger charge is -2.13. The third-order valence-corrected chi connectivity index (χ3v) is 4.09. The van der Waals surface area contributed by atoms with E-state index in [4.69, 9.17) is 17.0 Å². The Morgan fingerprint density at radius 2 is 1.76 bits per heavy atom. The van der Waals surface area contributed by atoms with Crippen LogP contribution in [0, 0.1) is 12.3 Å². The number of hydrogen-bond donors (Lipinski definition) is 3. The Kier molecular flexibility index (Phi) is 4.29. The van der Waals surface area contributed by atoms with Crippen molar-refractivity contribution in [1.82, 2.24) is 9.55 Å². The van der Waals surface area contributed by atoms with Crippen molar-refractivity contribution in [3.63, 3.8) is 0 Å². The predicted octanol–water partition coefficient (Wildman–Crippen LogP) is 2.61. The van der Waals surface area contributed by atoms with Gasteiger partial charge >= 0.3 is 5.69 Å². The van der Waals surface area contributed by atoms with E-state index >= 15 is 0 Å². The third kappa shape index (κ3) is 2.99. The SMILES string of the molecule is Cc1ccccc1C(=N)c1c(O)n(-c2ccc(Cl)cc2)c(=O)[nH]c1=O. The van der Waals surface area contributed by atoms with Gasteiger partial charge in [0.25, 0.3) is 5.56 Å². The Labute approximate surface area is 147 Å². The second kappa shape index (κ2) is 6.41. The number of aromatic nitrogens is 2. The highest BCUT2D eigenvalue weighted by Crippen LogP contribution is 2.21. The molecule has 3 N–H and O–H groups in total. The number of hydrogen-bond acceptors (Lipinski definition) is 4. The molecular formula is C18H14ClN3O3. The zero-order chi connectivity index (χ0) is 18.1. The Morgan fingerprint density at radius 3 is 2.40 bits per heavy atom. The summed E-state index contributed by atoms with van der Waals surface area (Å²) in [5.74, 6) is -0.593. The van der Waals surface area contributed by atoms with Gasteiger partial charge in [0.2, 0.25) is 5.88 Å². The fraction of sp³-hybridized carbons (Fsp3) is 0.0556. The molecule has 25 heavy (non-hydrogen) atoms. The van der Waals surface area contributed by atoms with Crippen molar-refractivity contribution in [2.45, 2.75) is 6.92 Å². The normalized spacial score (nSPS) is 10.6. The molecule has 6 nitrogen and oxygen atoms in total. The van der Waals surface area contributed by atoms with E-state index in [2.05, 4.69) is 4.98 Å². The topological polar surface area (TPSA) is 98.9 Å². The first-order chi connectivity index (χ1) is 11.9. The molecule has 0 radical (unpaired) electrons. The standard InChI is InChI=1S/C18H14ClN3O3/c1-10-4-2-3-5-13(10)15(20)14-16(23)21-18(25)22(17(14)24)12-8-6-11(19)7-9-12/h2-9,20,24H,1H3,(H,21,23,25). The molecule has 0 spiro atoms. The summed E-state index contributed by atoms with van der Waals surface area (Å²) in [7, 11) is 0. The summed E-state index contributed by atoms with van der Waals surface area (Å²) < 4.78 is 0.930. The van der Waals surface area contributed by atoms with Gasteiger partial charge < -0.3 is 5.11 Å². The highest BCUT2D eigenvalue weighted by atomic mass is 35.5. The lowest BCUT2D eigenvalue weighted by atomic mass is 10.00. The molecule has 1 heterocycles. The van der Waals surface area contributed by atoms with E-state index in [1.54, 1.807) is 37.3 Å². The number of halogens is 1. The Bertz CT molecular complexity index is 1080. The van der Waals surface area contributed by atoms with Crippen LogP contribution in [0.25, 0.3) is 5.69 Å². The van der Waals surface area contributed by atoms with E-state index in [0.29, 0.717) is 16.3 Å². The number of nitrogens with one attached hydrogen (secondary N) is 2. The average Bonchev–Trinajstić information content (AvgIpc) is 2.56. The molecule has 0 unspecified atom stereocenters. The molecule has 3 rings (SSSR count). The molecule has 1 aromatic heterocycles. The minimum absolute atomic E-state index is 0.167. The number of H-pyrrole nitrogens is 1. The van der Waals surface area contributed by atoms with Crippen molar-refractivity contribution in [2.24, 2.45) is 0 Å². The molecule has 0 aliphatic heterocycles. The van der Waals surface area contributed by atoms with Crippen molar-refractivity contribution < 1.29 is 5.11 Å². The number of aromatic amines is 1. The minimum Gasteiger partial charge on any atom is -0.493 e. The van der Waals surface area contributed by atoms with Gasteiger partial charge in [-0.15, -0.1) is 0 Å². The lowest BCUT2D eigenvalue weighted by Crippen LogP contribution is -2.33. The van der Waals surface area contributed by atoms with E-state index < -0.39 is 17.1 Å². The van der Waals surface area contributed by atoms with Crippen LogP contribution in [0.3, 0.4) is 0 Å². The van der Waals surface area contributed by atoms with Crippen LogP contribution < -0.4 is 11.2 Å². The summed E-state index contributed by atoms with van der Waals surface area (Å²) >= 11 is 5.84. The molecular weight excluding hydrogens is 342 g/mol. The average molecular weight is 356 g/mol. The Morgan fingerprint density at radius 1 is 1.12 bits per heavy atom. The van der Waals surface area contributed by atoms with Crippen LogP contribution in [0.5, 0.6) is 5.88 Å². The Hall–Kier alpha value is -3.12. The van der Waals surface area contributed by atoms with Gasteiger partial charge in [0.15, 0.2) is 0 Å². The van der Waals surface area contributed by atoms with Crippen molar-refractivity contribution in [3.05, 3.63) is 91.1 Å². The van der Waals surface area contributed by atoms with Gasteiger partial charge in [-0.3, -0.25) is 15.2 Å². The third-order valence-electron chi connectivity index (χ3n) is 3.84. The van der Waals surface area contributed by atoms with Gasteiger partial charge in [-0.25, -0.2) is 9.36 Å². The van der Waals surface area contributed by atoms with E-state index in [1.165, 1.54) is 12.1 Å². The summed E-state index contributed by atoms with van der Waals surface area (Å²) in [5, 5.41) is 19.4. The fourth-order valence-electron chi connectivity index (χ4n) is 2.57. The number of nitrogens with zero attached hydrogens (tertiary/aromatic N) is 1. The fourth-order valence-corrected chi connectivity index (χ4v) is 2.69. The van der Waals surface area contributed by atoms with Crippen LogP contribution in [0.4, 0.5) is 0 Å². The van der Waals surface area contributed by atoms with Gasteiger partial charge in [-0.1, -0.05) is 35.9 Å². The zero-order valence-corrected chi connectivity index (χ0v) is 14.0. The number of aryl methyl sites for hydroxylation is 1. The van der Waals surface area contributed by atoms with Gasteiger partial charge in [-0.2, -0.15) is 0 Å². The summed E-state index contributed by atoms with van der Waals surface area (Å²) in [6, 6.07) is 13.2. The second-order valence-corrected chi connectivity index (χ2v) is 5.90. The molecule has 0 aliphatic carbocycles. The molecule has 2 aromatic carbocycles. The van der Waals surface area contributed by atoms with E-state index in [1.807, 2.05) is 6.07 Å². The maximum atomic E-state index is 12.2. The summed E-state index contributed by atoms with van der Waals surface area (Å²) in [6.45, 7) is 1.80. The molecule has 0 aliphatic rings. The maximum Gasteiger partial charge on any atom is 0.335 e. The van der Waals surface area contributed by atoms with Crippen molar-refractivity contribution >= 4 is 17.3 Å². The maximum absolute atomic E-state index is 12.2. The molecule has 0 atom stereocenters. The highest BCUT2D eigenvalue weighted by molar-refractivity contribution is 6.30. The summed E-state index contributed by atoms with van der Waals surface area (Å²) in [4.78, 5) is 26.6. The molecule has 0 fully saturated rings. The van der Waals surface area contributed by atoms with Crippen LogP contribution in [0.2, 0.25) is 5.02 Å². The molecule has 0 amide bonds.